The Bertz CT molecular complexity index is 1010. The number of benzene rings is 2. The second-order valence-electron chi connectivity index (χ2n) is 8.82. The molecule has 4 rings (SSSR count). The van der Waals surface area contributed by atoms with E-state index in [0.717, 1.165) is 35.3 Å². The minimum Gasteiger partial charge on any atom is -0.497 e. The lowest BCUT2D eigenvalue weighted by atomic mass is 9.82. The third-order valence-corrected chi connectivity index (χ3v) is 6.85. The number of ether oxygens (including phenoxy) is 2. The molecular weight excluding hydrogens is 420 g/mol. The Morgan fingerprint density at radius 1 is 1.21 bits per heavy atom. The van der Waals surface area contributed by atoms with Crippen LogP contribution in [0.3, 0.4) is 0 Å². The highest BCUT2D eigenvalue weighted by molar-refractivity contribution is 5.82. The Morgan fingerprint density at radius 2 is 1.94 bits per heavy atom. The Hall–Kier alpha value is -3.06. The molecule has 176 valence electrons. The van der Waals surface area contributed by atoms with Gasteiger partial charge in [-0.1, -0.05) is 31.2 Å². The molecule has 0 aromatic heterocycles. The average molecular weight is 453 g/mol. The zero-order valence-corrected chi connectivity index (χ0v) is 19.4. The molecule has 0 saturated carbocycles. The Morgan fingerprint density at radius 3 is 2.61 bits per heavy atom. The van der Waals surface area contributed by atoms with E-state index >= 15 is 0 Å². The highest BCUT2D eigenvalue weighted by Crippen LogP contribution is 2.48. The standard InChI is InChI=1S/C26H32N2O5/c1-4-12-27-25(29)16(2)28-15-21(18-7-10-22-19(14-18)11-13-33-22)23(26(30)31)24(28)17-5-8-20(32-3)9-6-17/h5-10,14,16,21,23-24H,4,11-13,15H2,1-3H3,(H,27,29)(H,30,31). The lowest BCUT2D eigenvalue weighted by Gasteiger charge is -2.31. The van der Waals surface area contributed by atoms with Crippen LogP contribution >= 0.6 is 0 Å². The number of rotatable bonds is 8. The van der Waals surface area contributed by atoms with E-state index in [4.69, 9.17) is 9.47 Å². The maximum absolute atomic E-state index is 12.9. The van der Waals surface area contributed by atoms with E-state index in [0.29, 0.717) is 25.4 Å². The first-order valence-electron chi connectivity index (χ1n) is 11.6. The zero-order chi connectivity index (χ0) is 23.5. The van der Waals surface area contributed by atoms with Crippen LogP contribution in [0.5, 0.6) is 11.5 Å². The van der Waals surface area contributed by atoms with Gasteiger partial charge in [-0.3, -0.25) is 14.5 Å². The van der Waals surface area contributed by atoms with Gasteiger partial charge in [0.05, 0.1) is 25.7 Å². The lowest BCUT2D eigenvalue weighted by molar-refractivity contribution is -0.143. The summed E-state index contributed by atoms with van der Waals surface area (Å²) >= 11 is 0. The van der Waals surface area contributed by atoms with Crippen molar-refractivity contribution in [3.05, 3.63) is 59.2 Å². The molecule has 2 N–H and O–H groups in total. The average Bonchev–Trinajstić information content (AvgIpc) is 3.46. The number of hydrogen-bond donors (Lipinski definition) is 2. The fourth-order valence-corrected chi connectivity index (χ4v) is 5.08. The van der Waals surface area contributed by atoms with E-state index in [1.54, 1.807) is 7.11 Å². The monoisotopic (exact) mass is 452 g/mol. The second-order valence-corrected chi connectivity index (χ2v) is 8.82. The number of carboxylic acid groups (broad SMARTS) is 1. The molecule has 2 aliphatic heterocycles. The molecule has 2 aromatic rings. The molecule has 1 amide bonds. The van der Waals surface area contributed by atoms with E-state index in [1.165, 1.54) is 0 Å². The number of fused-ring (bicyclic) bond motifs is 1. The molecule has 4 atom stereocenters. The van der Waals surface area contributed by atoms with Crippen molar-refractivity contribution in [2.45, 2.75) is 44.7 Å². The number of aliphatic carboxylic acids is 1. The molecule has 1 saturated heterocycles. The van der Waals surface area contributed by atoms with Crippen molar-refractivity contribution < 1.29 is 24.2 Å². The first-order valence-corrected chi connectivity index (χ1v) is 11.6. The van der Waals surface area contributed by atoms with Crippen LogP contribution in [0.4, 0.5) is 0 Å². The molecule has 0 spiro atoms. The van der Waals surface area contributed by atoms with E-state index in [2.05, 4.69) is 11.4 Å². The van der Waals surface area contributed by atoms with Crippen LogP contribution < -0.4 is 14.8 Å². The summed E-state index contributed by atoms with van der Waals surface area (Å²) in [5.74, 6) is -0.301. The van der Waals surface area contributed by atoms with Crippen molar-refractivity contribution in [1.82, 2.24) is 10.2 Å². The molecule has 2 heterocycles. The third-order valence-electron chi connectivity index (χ3n) is 6.85. The molecule has 7 nitrogen and oxygen atoms in total. The smallest absolute Gasteiger partial charge is 0.309 e. The number of nitrogens with zero attached hydrogens (tertiary/aromatic N) is 1. The number of nitrogens with one attached hydrogen (secondary N) is 1. The Kier molecular flexibility index (Phi) is 6.88. The maximum atomic E-state index is 12.9. The van der Waals surface area contributed by atoms with Crippen LogP contribution in [0.15, 0.2) is 42.5 Å². The number of carbonyl (C=O) groups excluding carboxylic acids is 1. The van der Waals surface area contributed by atoms with Gasteiger partial charge in [0.2, 0.25) is 5.91 Å². The number of likely N-dealkylation sites (tertiary alicyclic amines) is 1. The SMILES string of the molecule is CCCNC(=O)C(C)N1CC(c2ccc3c(c2)CCO3)C(C(=O)O)C1c1ccc(OC)cc1. The molecule has 4 unspecified atom stereocenters. The van der Waals surface area contributed by atoms with Gasteiger partial charge in [0.25, 0.3) is 0 Å². The van der Waals surface area contributed by atoms with Gasteiger partial charge in [-0.25, -0.2) is 0 Å². The molecule has 0 bridgehead atoms. The first kappa shape index (κ1) is 23.1. The van der Waals surface area contributed by atoms with Gasteiger partial charge >= 0.3 is 5.97 Å². The van der Waals surface area contributed by atoms with E-state index in [9.17, 15) is 14.7 Å². The van der Waals surface area contributed by atoms with Crippen molar-refractivity contribution in [2.24, 2.45) is 5.92 Å². The third kappa shape index (κ3) is 4.55. The largest absolute Gasteiger partial charge is 0.497 e. The Labute approximate surface area is 194 Å². The number of amides is 1. The molecule has 2 aromatic carbocycles. The van der Waals surface area contributed by atoms with Gasteiger partial charge in [0.1, 0.15) is 11.5 Å². The number of methoxy groups -OCH3 is 1. The first-order chi connectivity index (χ1) is 15.9. The van der Waals surface area contributed by atoms with Crippen molar-refractivity contribution in [2.75, 3.05) is 26.8 Å². The zero-order valence-electron chi connectivity index (χ0n) is 19.4. The van der Waals surface area contributed by atoms with Crippen LogP contribution in [-0.2, 0) is 16.0 Å². The quantitative estimate of drug-likeness (QED) is 0.638. The summed E-state index contributed by atoms with van der Waals surface area (Å²) in [5.41, 5.74) is 2.96. The predicted molar refractivity (Wildman–Crippen MR) is 125 cm³/mol. The summed E-state index contributed by atoms with van der Waals surface area (Å²) in [7, 11) is 1.60. The van der Waals surface area contributed by atoms with Gasteiger partial charge in [-0.05, 0) is 48.2 Å². The number of carbonyl (C=O) groups is 2. The summed E-state index contributed by atoms with van der Waals surface area (Å²) in [6, 6.07) is 12.6. The lowest BCUT2D eigenvalue weighted by Crippen LogP contribution is -2.45. The van der Waals surface area contributed by atoms with Gasteiger partial charge in [0, 0.05) is 31.5 Å². The van der Waals surface area contributed by atoms with Gasteiger partial charge in [0.15, 0.2) is 0 Å². The normalized spacial score (nSPS) is 22.9. The summed E-state index contributed by atoms with van der Waals surface area (Å²) in [5, 5.41) is 13.3. The topological polar surface area (TPSA) is 88.1 Å². The highest BCUT2D eigenvalue weighted by Gasteiger charge is 2.49. The second kappa shape index (κ2) is 9.83. The van der Waals surface area contributed by atoms with Crippen molar-refractivity contribution >= 4 is 11.9 Å². The number of hydrogen-bond acceptors (Lipinski definition) is 5. The van der Waals surface area contributed by atoms with Crippen molar-refractivity contribution in [3.8, 4) is 11.5 Å². The number of carboxylic acids is 1. The highest BCUT2D eigenvalue weighted by atomic mass is 16.5. The summed E-state index contributed by atoms with van der Waals surface area (Å²) in [6.07, 6.45) is 1.67. The summed E-state index contributed by atoms with van der Waals surface area (Å²) in [6.45, 7) is 5.60. The van der Waals surface area contributed by atoms with Gasteiger partial charge in [-0.2, -0.15) is 0 Å². The van der Waals surface area contributed by atoms with Crippen LogP contribution in [-0.4, -0.2) is 54.7 Å². The summed E-state index contributed by atoms with van der Waals surface area (Å²) < 4.78 is 10.9. The molecule has 33 heavy (non-hydrogen) atoms. The molecule has 2 aliphatic rings. The minimum atomic E-state index is -0.860. The molecule has 0 aliphatic carbocycles. The molecule has 1 fully saturated rings. The van der Waals surface area contributed by atoms with Crippen LogP contribution in [0.25, 0.3) is 0 Å². The van der Waals surface area contributed by atoms with Crippen LogP contribution in [0.1, 0.15) is 48.9 Å². The van der Waals surface area contributed by atoms with Crippen molar-refractivity contribution in [3.63, 3.8) is 0 Å². The van der Waals surface area contributed by atoms with Crippen LogP contribution in [0.2, 0.25) is 0 Å². The van der Waals surface area contributed by atoms with Gasteiger partial charge < -0.3 is 19.9 Å². The predicted octanol–water partition coefficient (Wildman–Crippen LogP) is 3.39. The van der Waals surface area contributed by atoms with Crippen molar-refractivity contribution in [1.29, 1.82) is 0 Å². The van der Waals surface area contributed by atoms with E-state index in [1.807, 2.05) is 55.1 Å². The van der Waals surface area contributed by atoms with E-state index in [-0.39, 0.29) is 11.8 Å². The molecule has 0 radical (unpaired) electrons. The van der Waals surface area contributed by atoms with Crippen LogP contribution in [0, 0.1) is 5.92 Å². The molecule has 7 heteroatoms. The maximum Gasteiger partial charge on any atom is 0.309 e. The fourth-order valence-electron chi connectivity index (χ4n) is 5.08. The van der Waals surface area contributed by atoms with E-state index < -0.39 is 24.0 Å². The minimum absolute atomic E-state index is 0.0810. The fraction of sp³-hybridized carbons (Fsp3) is 0.462. The molecular formula is C26H32N2O5. The summed E-state index contributed by atoms with van der Waals surface area (Å²) in [4.78, 5) is 27.6. The Balaban J connectivity index is 1.74. The van der Waals surface area contributed by atoms with Gasteiger partial charge in [-0.15, -0.1) is 0 Å².